The molecule has 0 bridgehead atoms. The van der Waals surface area contributed by atoms with E-state index in [0.29, 0.717) is 6.42 Å². The molecule has 1 fully saturated rings. The average molecular weight is 256 g/mol. The van der Waals surface area contributed by atoms with E-state index in [1.54, 1.807) is 0 Å². The first-order valence-electron chi connectivity index (χ1n) is 5.90. The zero-order chi connectivity index (χ0) is 14.1. The highest BCUT2D eigenvalue weighted by atomic mass is 16.4. The van der Waals surface area contributed by atoms with E-state index in [0.717, 1.165) is 0 Å². The number of rotatable bonds is 4. The van der Waals surface area contributed by atoms with Crippen molar-refractivity contribution in [3.8, 4) is 0 Å². The first kappa shape index (κ1) is 14.5. The molecule has 0 aromatic carbocycles. The van der Waals surface area contributed by atoms with Gasteiger partial charge in [0.05, 0.1) is 18.4 Å². The molecule has 6 heteroatoms. The summed E-state index contributed by atoms with van der Waals surface area (Å²) in [5.41, 5.74) is -0.343. The second kappa shape index (κ2) is 4.96. The number of amides is 2. The van der Waals surface area contributed by atoms with Crippen molar-refractivity contribution in [3.63, 3.8) is 0 Å². The van der Waals surface area contributed by atoms with Crippen molar-refractivity contribution in [2.75, 3.05) is 13.6 Å². The zero-order valence-electron chi connectivity index (χ0n) is 11.2. The van der Waals surface area contributed by atoms with Crippen LogP contribution in [0.25, 0.3) is 0 Å². The van der Waals surface area contributed by atoms with Crippen LogP contribution in [0.15, 0.2) is 0 Å². The number of carbonyl (C=O) groups excluding carboxylic acids is 2. The fourth-order valence-corrected chi connectivity index (χ4v) is 1.78. The smallest absolute Gasteiger partial charge is 0.307 e. The van der Waals surface area contributed by atoms with Gasteiger partial charge in [-0.25, -0.2) is 0 Å². The van der Waals surface area contributed by atoms with Crippen molar-refractivity contribution >= 4 is 17.8 Å². The minimum Gasteiger partial charge on any atom is -0.481 e. The maximum Gasteiger partial charge on any atom is 0.307 e. The molecule has 0 spiro atoms. The minimum absolute atomic E-state index is 0.0427. The van der Waals surface area contributed by atoms with Crippen LogP contribution < -0.4 is 5.32 Å². The van der Waals surface area contributed by atoms with Crippen molar-refractivity contribution in [1.82, 2.24) is 10.2 Å². The second-order valence-corrected chi connectivity index (χ2v) is 5.78. The van der Waals surface area contributed by atoms with E-state index in [1.165, 1.54) is 11.9 Å². The molecule has 1 rings (SSSR count). The summed E-state index contributed by atoms with van der Waals surface area (Å²) in [6, 6.07) is 0. The average Bonchev–Trinajstić information content (AvgIpc) is 2.92. The molecular formula is C12H20N2O4. The summed E-state index contributed by atoms with van der Waals surface area (Å²) in [6.45, 7) is 5.52. The van der Waals surface area contributed by atoms with Gasteiger partial charge in [-0.3, -0.25) is 14.4 Å². The lowest BCUT2D eigenvalue weighted by Crippen LogP contribution is -2.46. The Bertz CT molecular complexity index is 373. The highest BCUT2D eigenvalue weighted by molar-refractivity contribution is 5.91. The number of likely N-dealkylation sites (N-methyl/N-ethyl adjacent to an activating group) is 1. The Kier molecular flexibility index (Phi) is 3.98. The van der Waals surface area contributed by atoms with E-state index in [9.17, 15) is 14.4 Å². The van der Waals surface area contributed by atoms with Gasteiger partial charge in [-0.05, 0) is 27.2 Å². The molecular weight excluding hydrogens is 236 g/mol. The molecule has 0 aromatic rings. The lowest BCUT2D eigenvalue weighted by molar-refractivity contribution is -0.142. The summed E-state index contributed by atoms with van der Waals surface area (Å²) in [5.74, 6) is -2.50. The predicted molar refractivity (Wildman–Crippen MR) is 64.8 cm³/mol. The van der Waals surface area contributed by atoms with Gasteiger partial charge in [0, 0.05) is 12.6 Å². The van der Waals surface area contributed by atoms with Gasteiger partial charge in [-0.1, -0.05) is 0 Å². The Morgan fingerprint density at radius 3 is 2.22 bits per heavy atom. The van der Waals surface area contributed by atoms with Crippen LogP contribution in [0.1, 0.15) is 27.2 Å². The van der Waals surface area contributed by atoms with E-state index in [4.69, 9.17) is 5.11 Å². The molecule has 2 amide bonds. The van der Waals surface area contributed by atoms with Crippen LogP contribution in [0.2, 0.25) is 0 Å². The largest absolute Gasteiger partial charge is 0.481 e. The van der Waals surface area contributed by atoms with E-state index >= 15 is 0 Å². The van der Waals surface area contributed by atoms with Crippen LogP contribution in [0, 0.1) is 11.8 Å². The first-order chi connectivity index (χ1) is 8.11. The molecule has 0 saturated heterocycles. The highest BCUT2D eigenvalue weighted by Crippen LogP contribution is 2.39. The molecule has 0 aliphatic heterocycles. The highest BCUT2D eigenvalue weighted by Gasteiger charge is 2.49. The molecule has 6 nitrogen and oxygen atoms in total. The first-order valence-corrected chi connectivity index (χ1v) is 5.90. The summed E-state index contributed by atoms with van der Waals surface area (Å²) in [7, 11) is 1.52. The summed E-state index contributed by atoms with van der Waals surface area (Å²) in [6.07, 6.45) is 0.374. The summed E-state index contributed by atoms with van der Waals surface area (Å²) in [5, 5.41) is 11.5. The Morgan fingerprint density at radius 2 is 1.83 bits per heavy atom. The number of hydrogen-bond acceptors (Lipinski definition) is 3. The molecule has 1 aliphatic rings. The number of nitrogens with zero attached hydrogens (tertiary/aromatic N) is 1. The lowest BCUT2D eigenvalue weighted by atomic mass is 10.1. The van der Waals surface area contributed by atoms with Crippen LogP contribution in [0.4, 0.5) is 0 Å². The SMILES string of the molecule is CN(CC(=O)NC(C)(C)C)C(=O)[C@@H]1C[C@@H]1C(=O)O. The number of hydrogen-bond donors (Lipinski definition) is 2. The number of aliphatic carboxylic acids is 1. The van der Waals surface area contributed by atoms with E-state index in [1.807, 2.05) is 20.8 Å². The number of carboxylic acids is 1. The third kappa shape index (κ3) is 4.01. The van der Waals surface area contributed by atoms with Gasteiger partial charge >= 0.3 is 5.97 Å². The normalized spacial score (nSPS) is 22.2. The van der Waals surface area contributed by atoms with Gasteiger partial charge in [0.2, 0.25) is 11.8 Å². The van der Waals surface area contributed by atoms with E-state index in [2.05, 4.69) is 5.32 Å². The third-order valence-electron chi connectivity index (χ3n) is 2.70. The molecule has 18 heavy (non-hydrogen) atoms. The fraction of sp³-hybridized carbons (Fsp3) is 0.750. The van der Waals surface area contributed by atoms with Crippen molar-refractivity contribution in [2.45, 2.75) is 32.7 Å². The topological polar surface area (TPSA) is 86.7 Å². The molecule has 0 heterocycles. The maximum absolute atomic E-state index is 11.8. The molecule has 0 radical (unpaired) electrons. The standard InChI is InChI=1S/C12H20N2O4/c1-12(2,3)13-9(15)6-14(4)10(16)7-5-8(7)11(17)18/h7-8H,5-6H2,1-4H3,(H,13,15)(H,17,18)/t7-,8+/m1/s1. The van der Waals surface area contributed by atoms with Gasteiger partial charge in [-0.2, -0.15) is 0 Å². The molecule has 1 saturated carbocycles. The number of carboxylic acid groups (broad SMARTS) is 1. The van der Waals surface area contributed by atoms with Gasteiger partial charge in [0.15, 0.2) is 0 Å². The maximum atomic E-state index is 11.8. The van der Waals surface area contributed by atoms with E-state index < -0.39 is 17.8 Å². The zero-order valence-corrected chi connectivity index (χ0v) is 11.2. The van der Waals surface area contributed by atoms with Crippen LogP contribution in [-0.2, 0) is 14.4 Å². The van der Waals surface area contributed by atoms with Crippen molar-refractivity contribution in [2.24, 2.45) is 11.8 Å². The van der Waals surface area contributed by atoms with Crippen molar-refractivity contribution in [1.29, 1.82) is 0 Å². The Labute approximate surface area is 106 Å². The summed E-state index contributed by atoms with van der Waals surface area (Å²) in [4.78, 5) is 35.4. The van der Waals surface area contributed by atoms with Crippen LogP contribution >= 0.6 is 0 Å². The van der Waals surface area contributed by atoms with Gasteiger partial charge in [-0.15, -0.1) is 0 Å². The van der Waals surface area contributed by atoms with Gasteiger partial charge in [0.25, 0.3) is 0 Å². The quantitative estimate of drug-likeness (QED) is 0.745. The van der Waals surface area contributed by atoms with Crippen molar-refractivity contribution in [3.05, 3.63) is 0 Å². The number of nitrogens with one attached hydrogen (secondary N) is 1. The van der Waals surface area contributed by atoms with E-state index in [-0.39, 0.29) is 23.9 Å². The molecule has 102 valence electrons. The molecule has 0 aromatic heterocycles. The summed E-state index contributed by atoms with van der Waals surface area (Å²) < 4.78 is 0. The Balaban J connectivity index is 2.42. The van der Waals surface area contributed by atoms with Gasteiger partial charge < -0.3 is 15.3 Å². The lowest BCUT2D eigenvalue weighted by Gasteiger charge is -2.23. The minimum atomic E-state index is -0.944. The molecule has 0 unspecified atom stereocenters. The second-order valence-electron chi connectivity index (χ2n) is 5.78. The molecule has 2 N–H and O–H groups in total. The van der Waals surface area contributed by atoms with Gasteiger partial charge in [0.1, 0.15) is 0 Å². The summed E-state index contributed by atoms with van der Waals surface area (Å²) >= 11 is 0. The van der Waals surface area contributed by atoms with Crippen LogP contribution in [0.3, 0.4) is 0 Å². The predicted octanol–water partition coefficient (Wildman–Crippen LogP) is 0.0802. The van der Waals surface area contributed by atoms with Crippen LogP contribution in [0.5, 0.6) is 0 Å². The Hall–Kier alpha value is -1.59. The molecule has 2 atom stereocenters. The van der Waals surface area contributed by atoms with Crippen LogP contribution in [-0.4, -0.2) is 46.9 Å². The Morgan fingerprint density at radius 1 is 1.28 bits per heavy atom. The number of carbonyl (C=O) groups is 3. The monoisotopic (exact) mass is 256 g/mol. The fourth-order valence-electron chi connectivity index (χ4n) is 1.78. The van der Waals surface area contributed by atoms with Crippen molar-refractivity contribution < 1.29 is 19.5 Å². The molecule has 1 aliphatic carbocycles. The third-order valence-corrected chi connectivity index (χ3v) is 2.70.